The lowest BCUT2D eigenvalue weighted by Crippen LogP contribution is -2.27. The number of hydrogen-bond acceptors (Lipinski definition) is 4. The normalized spacial score (nSPS) is 11.2. The number of nitrogen functional groups attached to an aromatic ring is 1. The zero-order valence-electron chi connectivity index (χ0n) is 15.0. The molecule has 7 heteroatoms. The van der Waals surface area contributed by atoms with Gasteiger partial charge in [-0.1, -0.05) is 18.2 Å². The van der Waals surface area contributed by atoms with Crippen molar-refractivity contribution in [3.8, 4) is 11.5 Å². The van der Waals surface area contributed by atoms with E-state index in [0.29, 0.717) is 29.2 Å². The maximum atomic E-state index is 14.3. The second kappa shape index (κ2) is 9.87. The van der Waals surface area contributed by atoms with Crippen LogP contribution in [0.2, 0.25) is 0 Å². The number of anilines is 1. The molecule has 0 aliphatic rings. The average molecular weight is 383 g/mol. The van der Waals surface area contributed by atoms with Crippen LogP contribution in [0.1, 0.15) is 30.5 Å². The number of aryl methyl sites for hydroxylation is 1. The summed E-state index contributed by atoms with van der Waals surface area (Å²) in [5.74, 6) is 0.0848. The maximum absolute atomic E-state index is 14.3. The third kappa shape index (κ3) is 5.26. The lowest BCUT2D eigenvalue weighted by Gasteiger charge is -2.17. The number of halogens is 2. The summed E-state index contributed by atoms with van der Waals surface area (Å²) >= 11 is 0. The van der Waals surface area contributed by atoms with Gasteiger partial charge in [0.1, 0.15) is 5.82 Å². The molecule has 0 fully saturated rings. The number of ether oxygens (including phenoxy) is 2. The van der Waals surface area contributed by atoms with Gasteiger partial charge >= 0.3 is 0 Å². The molecule has 2 aromatic rings. The van der Waals surface area contributed by atoms with Crippen molar-refractivity contribution in [1.82, 2.24) is 5.32 Å². The molecular formula is C19H24ClFN2O3. The Morgan fingerprint density at radius 2 is 1.81 bits per heavy atom. The largest absolute Gasteiger partial charge is 0.493 e. The molecular weight excluding hydrogens is 359 g/mol. The van der Waals surface area contributed by atoms with Crippen LogP contribution in [0.4, 0.5) is 10.1 Å². The van der Waals surface area contributed by atoms with Crippen molar-refractivity contribution in [2.24, 2.45) is 0 Å². The predicted molar refractivity (Wildman–Crippen MR) is 102 cm³/mol. The number of hydrogen-bond donors (Lipinski definition) is 2. The van der Waals surface area contributed by atoms with Crippen LogP contribution in [0, 0.1) is 5.82 Å². The van der Waals surface area contributed by atoms with Crippen LogP contribution in [0.5, 0.6) is 11.5 Å². The van der Waals surface area contributed by atoms with Gasteiger partial charge < -0.3 is 20.5 Å². The van der Waals surface area contributed by atoms with Crippen LogP contribution in [-0.4, -0.2) is 20.1 Å². The first-order valence-electron chi connectivity index (χ1n) is 8.00. The molecule has 1 atom stereocenters. The fourth-order valence-electron chi connectivity index (χ4n) is 2.60. The summed E-state index contributed by atoms with van der Waals surface area (Å²) in [6, 6.07) is 9.71. The quantitative estimate of drug-likeness (QED) is 0.717. The number of benzene rings is 2. The Labute approximate surface area is 159 Å². The molecule has 0 aromatic heterocycles. The second-order valence-electron chi connectivity index (χ2n) is 5.72. The summed E-state index contributed by atoms with van der Waals surface area (Å²) in [7, 11) is 2.92. The van der Waals surface area contributed by atoms with Crippen molar-refractivity contribution >= 4 is 24.0 Å². The highest BCUT2D eigenvalue weighted by Gasteiger charge is 2.18. The van der Waals surface area contributed by atoms with E-state index in [1.54, 1.807) is 13.0 Å². The molecule has 0 bridgehead atoms. The molecule has 2 rings (SSSR count). The van der Waals surface area contributed by atoms with Gasteiger partial charge in [-0.05, 0) is 31.0 Å². The molecule has 0 aliphatic carbocycles. The molecule has 0 aliphatic heterocycles. The minimum absolute atomic E-state index is 0. The minimum Gasteiger partial charge on any atom is -0.493 e. The molecule has 1 unspecified atom stereocenters. The summed E-state index contributed by atoms with van der Waals surface area (Å²) < 4.78 is 24.5. The topological polar surface area (TPSA) is 73.6 Å². The average Bonchev–Trinajstić information content (AvgIpc) is 2.60. The van der Waals surface area contributed by atoms with E-state index in [2.05, 4.69) is 5.32 Å². The number of nitrogens with two attached hydrogens (primary N) is 1. The van der Waals surface area contributed by atoms with Crippen LogP contribution >= 0.6 is 12.4 Å². The molecule has 5 nitrogen and oxygen atoms in total. The van der Waals surface area contributed by atoms with Crippen molar-refractivity contribution < 1.29 is 18.7 Å². The summed E-state index contributed by atoms with van der Waals surface area (Å²) in [4.78, 5) is 12.2. The molecule has 1 amide bonds. The monoisotopic (exact) mass is 382 g/mol. The highest BCUT2D eigenvalue weighted by Crippen LogP contribution is 2.32. The van der Waals surface area contributed by atoms with Crippen LogP contribution in [0.25, 0.3) is 0 Å². The third-order valence-corrected chi connectivity index (χ3v) is 4.02. The van der Waals surface area contributed by atoms with E-state index in [0.717, 1.165) is 5.56 Å². The summed E-state index contributed by atoms with van der Waals surface area (Å²) in [6.45, 7) is 1.72. The number of methoxy groups -OCH3 is 2. The number of amides is 1. The number of carbonyl (C=O) groups is 1. The second-order valence-corrected chi connectivity index (χ2v) is 5.72. The maximum Gasteiger partial charge on any atom is 0.220 e. The van der Waals surface area contributed by atoms with E-state index >= 15 is 0 Å². The standard InChI is InChI=1S/C19H23FN2O3.ClH/c1-12(14-10-17(24-2)18(25-3)11-15(14)20)22-19(23)9-8-13-6-4-5-7-16(13)21;/h4-7,10-12H,8-9,21H2,1-3H3,(H,22,23);1H. The van der Waals surface area contributed by atoms with Crippen molar-refractivity contribution in [3.05, 3.63) is 53.3 Å². The summed E-state index contributed by atoms with van der Waals surface area (Å²) in [5, 5.41) is 2.80. The fraction of sp³-hybridized carbons (Fsp3) is 0.316. The molecule has 3 N–H and O–H groups in total. The number of nitrogens with one attached hydrogen (secondary N) is 1. The Bertz CT molecular complexity index is 756. The van der Waals surface area contributed by atoms with Gasteiger partial charge in [-0.2, -0.15) is 0 Å². The van der Waals surface area contributed by atoms with Crippen LogP contribution < -0.4 is 20.5 Å². The molecule has 142 valence electrons. The summed E-state index contributed by atoms with van der Waals surface area (Å²) in [6.07, 6.45) is 0.799. The molecule has 0 heterocycles. The number of carbonyl (C=O) groups excluding carboxylic acids is 1. The molecule has 2 aromatic carbocycles. The highest BCUT2D eigenvalue weighted by molar-refractivity contribution is 5.85. The first kappa shape index (κ1) is 21.6. The Morgan fingerprint density at radius 1 is 1.19 bits per heavy atom. The van der Waals surface area contributed by atoms with Crippen LogP contribution in [-0.2, 0) is 11.2 Å². The van der Waals surface area contributed by atoms with Crippen molar-refractivity contribution in [3.63, 3.8) is 0 Å². The Hall–Kier alpha value is -2.47. The first-order valence-corrected chi connectivity index (χ1v) is 8.00. The number of rotatable bonds is 7. The van der Waals surface area contributed by atoms with Gasteiger partial charge in [0.15, 0.2) is 11.5 Å². The van der Waals surface area contributed by atoms with Gasteiger partial charge in [0, 0.05) is 23.7 Å². The summed E-state index contributed by atoms with van der Waals surface area (Å²) in [5.41, 5.74) is 7.79. The van der Waals surface area contributed by atoms with Gasteiger partial charge in [0.05, 0.1) is 20.3 Å². The van der Waals surface area contributed by atoms with Gasteiger partial charge in [0.25, 0.3) is 0 Å². The first-order chi connectivity index (χ1) is 12.0. The lowest BCUT2D eigenvalue weighted by molar-refractivity contribution is -0.121. The smallest absolute Gasteiger partial charge is 0.220 e. The zero-order valence-corrected chi connectivity index (χ0v) is 15.9. The van der Waals surface area contributed by atoms with Gasteiger partial charge in [-0.25, -0.2) is 4.39 Å². The van der Waals surface area contributed by atoms with Crippen LogP contribution in [0.3, 0.4) is 0 Å². The fourth-order valence-corrected chi connectivity index (χ4v) is 2.60. The molecule has 26 heavy (non-hydrogen) atoms. The Morgan fingerprint density at radius 3 is 2.42 bits per heavy atom. The zero-order chi connectivity index (χ0) is 18.4. The van der Waals surface area contributed by atoms with Crippen LogP contribution in [0.15, 0.2) is 36.4 Å². The van der Waals surface area contributed by atoms with Gasteiger partial charge in [-0.3, -0.25) is 4.79 Å². The molecule has 0 saturated carbocycles. The SMILES string of the molecule is COc1cc(F)c(C(C)NC(=O)CCc2ccccc2N)cc1OC.Cl. The molecule has 0 spiro atoms. The van der Waals surface area contributed by atoms with E-state index in [-0.39, 0.29) is 24.7 Å². The van der Waals surface area contributed by atoms with Crippen molar-refractivity contribution in [2.45, 2.75) is 25.8 Å². The highest BCUT2D eigenvalue weighted by atomic mass is 35.5. The van der Waals surface area contributed by atoms with Gasteiger partial charge in [0.2, 0.25) is 5.91 Å². The van der Waals surface area contributed by atoms with Gasteiger partial charge in [-0.15, -0.1) is 12.4 Å². The third-order valence-electron chi connectivity index (χ3n) is 4.02. The van der Waals surface area contributed by atoms with Crippen molar-refractivity contribution in [1.29, 1.82) is 0 Å². The van der Waals surface area contributed by atoms with E-state index in [9.17, 15) is 9.18 Å². The molecule has 0 saturated heterocycles. The number of para-hydroxylation sites is 1. The lowest BCUT2D eigenvalue weighted by atomic mass is 10.0. The Balaban J connectivity index is 0.00000338. The predicted octanol–water partition coefficient (Wildman–Crippen LogP) is 3.66. The Kier molecular flexibility index (Phi) is 8.19. The molecule has 0 radical (unpaired) electrons. The minimum atomic E-state index is -0.500. The van der Waals surface area contributed by atoms with E-state index in [1.807, 2.05) is 18.2 Å². The van der Waals surface area contributed by atoms with E-state index in [4.69, 9.17) is 15.2 Å². The van der Waals surface area contributed by atoms with E-state index in [1.165, 1.54) is 26.4 Å². The van der Waals surface area contributed by atoms with E-state index < -0.39 is 11.9 Å². The van der Waals surface area contributed by atoms with Crippen molar-refractivity contribution in [2.75, 3.05) is 20.0 Å².